The topological polar surface area (TPSA) is 79.9 Å². The summed E-state index contributed by atoms with van der Waals surface area (Å²) in [6, 6.07) is 3.99. The number of piperazine rings is 1. The number of aliphatic carboxylic acids is 1. The molecule has 7 nitrogen and oxygen atoms in total. The minimum Gasteiger partial charge on any atom is -0.481 e. The average molecular weight is 348 g/mol. The second-order valence-corrected chi connectivity index (χ2v) is 7.22. The first-order chi connectivity index (χ1) is 12.0. The van der Waals surface area contributed by atoms with E-state index >= 15 is 0 Å². The molecular formula is C18H28N4O3. The fourth-order valence-corrected chi connectivity index (χ4v) is 4.06. The Morgan fingerprint density at radius 1 is 1.24 bits per heavy atom. The number of amides is 1. The van der Waals surface area contributed by atoms with E-state index < -0.39 is 5.97 Å². The summed E-state index contributed by atoms with van der Waals surface area (Å²) in [5.41, 5.74) is 0.607. The van der Waals surface area contributed by atoms with Gasteiger partial charge in [0, 0.05) is 57.9 Å². The maximum absolute atomic E-state index is 12.6. The number of rotatable bonds is 5. The third-order valence-corrected chi connectivity index (χ3v) is 5.55. The number of hydrogen-bond donors (Lipinski definition) is 2. The number of likely N-dealkylation sites (N-methyl/N-ethyl adjacent to an activating group) is 1. The van der Waals surface area contributed by atoms with Gasteiger partial charge < -0.3 is 19.9 Å². The molecule has 7 heteroatoms. The standard InChI is InChI=1S/C18H28N4O3/c1-20-9-11-21(12-10-20)16-6-8-22(13-14(16)4-5-17(23)24)18(25)15-3-2-7-19-15/h2-3,7,14,16,19H,4-6,8-13H2,1H3,(H,23,24)/t14-,16+/m0/s1. The summed E-state index contributed by atoms with van der Waals surface area (Å²) in [5, 5.41) is 9.09. The van der Waals surface area contributed by atoms with E-state index in [0.717, 1.165) is 39.1 Å². The van der Waals surface area contributed by atoms with Gasteiger partial charge in [-0.25, -0.2) is 0 Å². The zero-order chi connectivity index (χ0) is 17.8. The molecule has 1 aromatic rings. The number of carbonyl (C=O) groups is 2. The van der Waals surface area contributed by atoms with Crippen LogP contribution in [0.5, 0.6) is 0 Å². The number of likely N-dealkylation sites (tertiary alicyclic amines) is 1. The number of nitrogens with one attached hydrogen (secondary N) is 1. The molecule has 3 rings (SSSR count). The maximum atomic E-state index is 12.6. The Bertz CT molecular complexity index is 581. The lowest BCUT2D eigenvalue weighted by Gasteiger charge is -2.46. The van der Waals surface area contributed by atoms with Gasteiger partial charge in [-0.3, -0.25) is 14.5 Å². The molecule has 0 spiro atoms. The number of carbonyl (C=O) groups excluding carboxylic acids is 1. The van der Waals surface area contributed by atoms with Crippen molar-refractivity contribution < 1.29 is 14.7 Å². The minimum atomic E-state index is -0.759. The van der Waals surface area contributed by atoms with Crippen LogP contribution in [0, 0.1) is 5.92 Å². The SMILES string of the molecule is CN1CCN([C@@H]2CCN(C(=O)c3ccc[nH]3)C[C@@H]2CCC(=O)O)CC1. The van der Waals surface area contributed by atoms with Gasteiger partial charge in [-0.2, -0.15) is 0 Å². The number of H-pyrrole nitrogens is 1. The van der Waals surface area contributed by atoms with Crippen molar-refractivity contribution in [2.24, 2.45) is 5.92 Å². The first kappa shape index (κ1) is 17.9. The lowest BCUT2D eigenvalue weighted by Crippen LogP contribution is -2.57. The Labute approximate surface area is 148 Å². The minimum absolute atomic E-state index is 0.0159. The summed E-state index contributed by atoms with van der Waals surface area (Å²) in [7, 11) is 2.14. The number of nitrogens with zero attached hydrogens (tertiary/aromatic N) is 3. The van der Waals surface area contributed by atoms with Gasteiger partial charge in [0.2, 0.25) is 0 Å². The van der Waals surface area contributed by atoms with Crippen LogP contribution in [0.15, 0.2) is 18.3 Å². The van der Waals surface area contributed by atoms with Gasteiger partial charge in [0.1, 0.15) is 5.69 Å². The van der Waals surface area contributed by atoms with Crippen molar-refractivity contribution in [2.45, 2.75) is 25.3 Å². The third kappa shape index (κ3) is 4.41. The second kappa shape index (κ2) is 8.01. The highest BCUT2D eigenvalue weighted by molar-refractivity contribution is 5.92. The molecule has 0 saturated carbocycles. The molecule has 2 N–H and O–H groups in total. The molecular weight excluding hydrogens is 320 g/mol. The lowest BCUT2D eigenvalue weighted by atomic mass is 9.86. The van der Waals surface area contributed by atoms with Crippen LogP contribution in [0.25, 0.3) is 0 Å². The van der Waals surface area contributed by atoms with Crippen LogP contribution in [0.3, 0.4) is 0 Å². The predicted octanol–water partition coefficient (Wildman–Crippen LogP) is 0.958. The van der Waals surface area contributed by atoms with Gasteiger partial charge in [-0.05, 0) is 37.9 Å². The quantitative estimate of drug-likeness (QED) is 0.828. The highest BCUT2D eigenvalue weighted by Gasteiger charge is 2.36. The van der Waals surface area contributed by atoms with Crippen LogP contribution in [0.1, 0.15) is 29.8 Å². The molecule has 0 aromatic carbocycles. The van der Waals surface area contributed by atoms with Gasteiger partial charge in [0.25, 0.3) is 5.91 Å². The van der Waals surface area contributed by atoms with Crippen LogP contribution in [-0.2, 0) is 4.79 Å². The summed E-state index contributed by atoms with van der Waals surface area (Å²) < 4.78 is 0. The monoisotopic (exact) mass is 348 g/mol. The molecule has 25 heavy (non-hydrogen) atoms. The zero-order valence-corrected chi connectivity index (χ0v) is 14.9. The Hall–Kier alpha value is -1.86. The van der Waals surface area contributed by atoms with E-state index in [1.54, 1.807) is 12.3 Å². The Kier molecular flexibility index (Phi) is 5.75. The van der Waals surface area contributed by atoms with Gasteiger partial charge in [0.05, 0.1) is 0 Å². The maximum Gasteiger partial charge on any atom is 0.303 e. The van der Waals surface area contributed by atoms with Crippen LogP contribution in [-0.4, -0.2) is 89.0 Å². The van der Waals surface area contributed by atoms with E-state index in [2.05, 4.69) is 21.8 Å². The number of aromatic nitrogens is 1. The Balaban J connectivity index is 1.67. The normalized spacial score (nSPS) is 25.9. The molecule has 2 aliphatic rings. The molecule has 0 aliphatic carbocycles. The Morgan fingerprint density at radius 2 is 2.00 bits per heavy atom. The van der Waals surface area contributed by atoms with E-state index in [1.165, 1.54) is 0 Å². The lowest BCUT2D eigenvalue weighted by molar-refractivity contribution is -0.137. The number of piperidine rings is 1. The highest BCUT2D eigenvalue weighted by Crippen LogP contribution is 2.28. The summed E-state index contributed by atoms with van der Waals surface area (Å²) in [6.45, 7) is 5.52. The van der Waals surface area contributed by atoms with Crippen LogP contribution in [0.4, 0.5) is 0 Å². The van der Waals surface area contributed by atoms with E-state index in [1.807, 2.05) is 11.0 Å². The van der Waals surface area contributed by atoms with Crippen molar-refractivity contribution in [3.8, 4) is 0 Å². The summed E-state index contributed by atoms with van der Waals surface area (Å²) in [4.78, 5) is 33.4. The van der Waals surface area contributed by atoms with Gasteiger partial charge in [0.15, 0.2) is 0 Å². The average Bonchev–Trinajstić information content (AvgIpc) is 3.14. The second-order valence-electron chi connectivity index (χ2n) is 7.22. The summed E-state index contributed by atoms with van der Waals surface area (Å²) in [5.74, 6) is -0.528. The largest absolute Gasteiger partial charge is 0.481 e. The molecule has 138 valence electrons. The predicted molar refractivity (Wildman–Crippen MR) is 94.5 cm³/mol. The van der Waals surface area contributed by atoms with Crippen molar-refractivity contribution in [3.63, 3.8) is 0 Å². The summed E-state index contributed by atoms with van der Waals surface area (Å²) >= 11 is 0. The van der Waals surface area contributed by atoms with Crippen molar-refractivity contribution in [1.82, 2.24) is 19.7 Å². The number of aromatic amines is 1. The molecule has 1 aromatic heterocycles. The molecule has 0 unspecified atom stereocenters. The van der Waals surface area contributed by atoms with E-state index in [9.17, 15) is 9.59 Å². The van der Waals surface area contributed by atoms with Crippen molar-refractivity contribution in [3.05, 3.63) is 24.0 Å². The van der Waals surface area contributed by atoms with Crippen LogP contribution >= 0.6 is 0 Å². The number of carboxylic acids is 1. The number of carboxylic acid groups (broad SMARTS) is 1. The first-order valence-electron chi connectivity index (χ1n) is 9.11. The van der Waals surface area contributed by atoms with E-state index in [4.69, 9.17) is 5.11 Å². The smallest absolute Gasteiger partial charge is 0.303 e. The fraction of sp³-hybridized carbons (Fsp3) is 0.667. The van der Waals surface area contributed by atoms with Crippen LogP contribution in [0.2, 0.25) is 0 Å². The van der Waals surface area contributed by atoms with Crippen molar-refractivity contribution in [1.29, 1.82) is 0 Å². The third-order valence-electron chi connectivity index (χ3n) is 5.55. The van der Waals surface area contributed by atoms with Gasteiger partial charge in [-0.1, -0.05) is 0 Å². The number of hydrogen-bond acceptors (Lipinski definition) is 4. The van der Waals surface area contributed by atoms with Gasteiger partial charge in [-0.15, -0.1) is 0 Å². The molecule has 2 saturated heterocycles. The highest BCUT2D eigenvalue weighted by atomic mass is 16.4. The van der Waals surface area contributed by atoms with Crippen molar-refractivity contribution in [2.75, 3.05) is 46.3 Å². The molecule has 1 amide bonds. The zero-order valence-electron chi connectivity index (χ0n) is 14.9. The molecule has 2 fully saturated rings. The van der Waals surface area contributed by atoms with Crippen LogP contribution < -0.4 is 0 Å². The van der Waals surface area contributed by atoms with Gasteiger partial charge >= 0.3 is 5.97 Å². The fourth-order valence-electron chi connectivity index (χ4n) is 4.06. The van der Waals surface area contributed by atoms with E-state index in [0.29, 0.717) is 24.7 Å². The molecule has 3 heterocycles. The molecule has 2 atom stereocenters. The first-order valence-corrected chi connectivity index (χ1v) is 9.11. The molecule has 0 radical (unpaired) electrons. The molecule has 0 bridgehead atoms. The van der Waals surface area contributed by atoms with E-state index in [-0.39, 0.29) is 18.2 Å². The summed E-state index contributed by atoms with van der Waals surface area (Å²) in [6.07, 6.45) is 3.47. The Morgan fingerprint density at radius 3 is 2.64 bits per heavy atom. The van der Waals surface area contributed by atoms with Crippen molar-refractivity contribution >= 4 is 11.9 Å². The molecule has 2 aliphatic heterocycles.